The molecule has 0 aliphatic rings. The first-order valence-corrected chi connectivity index (χ1v) is 6.01. The van der Waals surface area contributed by atoms with Crippen LogP contribution in [0.4, 0.5) is 0 Å². The van der Waals surface area contributed by atoms with E-state index in [1.54, 1.807) is 6.92 Å². The molecule has 0 heterocycles. The number of allylic oxidation sites excluding steroid dienone is 1. The summed E-state index contributed by atoms with van der Waals surface area (Å²) in [5.74, 6) is 0.418. The zero-order valence-electron chi connectivity index (χ0n) is 8.90. The van der Waals surface area contributed by atoms with E-state index in [9.17, 15) is 9.00 Å². The van der Waals surface area contributed by atoms with Gasteiger partial charge >= 0.3 is 0 Å². The number of carbonyl (C=O) groups is 1. The average molecular weight is 222 g/mol. The molecule has 0 aliphatic carbocycles. The highest BCUT2D eigenvalue weighted by Crippen LogP contribution is 2.10. The quantitative estimate of drug-likeness (QED) is 0.578. The lowest BCUT2D eigenvalue weighted by Crippen LogP contribution is -1.99. The van der Waals surface area contributed by atoms with Crippen LogP contribution in [0.25, 0.3) is 0 Å². The molecule has 0 aromatic heterocycles. The van der Waals surface area contributed by atoms with Crippen molar-refractivity contribution in [3.05, 3.63) is 41.5 Å². The smallest absolute Gasteiger partial charge is 0.142 e. The Morgan fingerprint density at radius 1 is 1.33 bits per heavy atom. The molecule has 15 heavy (non-hydrogen) atoms. The van der Waals surface area contributed by atoms with E-state index in [-0.39, 0.29) is 0 Å². The number of aldehydes is 1. The molecular weight excluding hydrogens is 208 g/mol. The molecule has 0 saturated carbocycles. The predicted octanol–water partition coefficient (Wildman–Crippen LogP) is 2.25. The van der Waals surface area contributed by atoms with E-state index in [2.05, 4.69) is 0 Å². The normalized spacial score (nSPS) is 13.6. The van der Waals surface area contributed by atoms with Gasteiger partial charge in [0.15, 0.2) is 0 Å². The van der Waals surface area contributed by atoms with Gasteiger partial charge < -0.3 is 0 Å². The van der Waals surface area contributed by atoms with Gasteiger partial charge in [-0.1, -0.05) is 23.3 Å². The minimum Gasteiger partial charge on any atom is -0.299 e. The van der Waals surface area contributed by atoms with Crippen LogP contribution in [0.5, 0.6) is 0 Å². The second-order valence-electron chi connectivity index (χ2n) is 3.45. The van der Waals surface area contributed by atoms with Crippen LogP contribution in [-0.2, 0) is 15.6 Å². The van der Waals surface area contributed by atoms with Gasteiger partial charge in [-0.2, -0.15) is 0 Å². The molecule has 80 valence electrons. The number of carbonyl (C=O) groups excluding carboxylic acids is 1. The first-order chi connectivity index (χ1) is 7.13. The Kier molecular flexibility index (Phi) is 4.43. The van der Waals surface area contributed by atoms with Gasteiger partial charge in [0.1, 0.15) is 6.29 Å². The number of hydrogen-bond acceptors (Lipinski definition) is 2. The fraction of sp³-hybridized carbons (Fsp3) is 0.250. The largest absolute Gasteiger partial charge is 0.299 e. The summed E-state index contributed by atoms with van der Waals surface area (Å²) in [4.78, 5) is 11.0. The highest BCUT2D eigenvalue weighted by molar-refractivity contribution is 7.85. The molecule has 1 rings (SSSR count). The minimum atomic E-state index is -1.05. The molecular formula is C12H14O2S. The molecule has 2 nitrogen and oxygen atoms in total. The van der Waals surface area contributed by atoms with Crippen molar-refractivity contribution >= 4 is 17.1 Å². The summed E-state index contributed by atoms with van der Waals surface area (Å²) < 4.78 is 11.8. The van der Waals surface area contributed by atoms with Crippen LogP contribution >= 0.6 is 0 Å². The maximum atomic E-state index is 11.8. The summed E-state index contributed by atoms with van der Waals surface area (Å²) in [6, 6.07) is 7.59. The van der Waals surface area contributed by atoms with Crippen molar-refractivity contribution in [2.75, 3.05) is 5.75 Å². The van der Waals surface area contributed by atoms with Crippen molar-refractivity contribution < 1.29 is 9.00 Å². The van der Waals surface area contributed by atoms with E-state index < -0.39 is 10.8 Å². The van der Waals surface area contributed by atoms with Gasteiger partial charge in [0.2, 0.25) is 0 Å². The summed E-state index contributed by atoms with van der Waals surface area (Å²) in [7, 11) is -1.05. The molecule has 0 amide bonds. The molecule has 0 aliphatic heterocycles. The molecule has 1 aromatic rings. The Morgan fingerprint density at radius 2 is 1.93 bits per heavy atom. The van der Waals surface area contributed by atoms with Crippen molar-refractivity contribution in [3.8, 4) is 0 Å². The summed E-state index contributed by atoms with van der Waals surface area (Å²) in [6.45, 7) is 3.80. The van der Waals surface area contributed by atoms with Crippen molar-refractivity contribution in [2.45, 2.75) is 18.7 Å². The maximum Gasteiger partial charge on any atom is 0.142 e. The van der Waals surface area contributed by atoms with Gasteiger partial charge in [0, 0.05) is 10.6 Å². The molecule has 0 bridgehead atoms. The molecule has 0 fully saturated rings. The molecule has 0 saturated heterocycles. The predicted molar refractivity (Wildman–Crippen MR) is 62.3 cm³/mol. The molecule has 0 unspecified atom stereocenters. The third kappa shape index (κ3) is 3.80. The van der Waals surface area contributed by atoms with E-state index in [0.717, 1.165) is 22.3 Å². The second-order valence-corrected chi connectivity index (χ2v) is 4.90. The van der Waals surface area contributed by atoms with Gasteiger partial charge in [-0.15, -0.1) is 0 Å². The topological polar surface area (TPSA) is 34.1 Å². The molecule has 3 heteroatoms. The Hall–Kier alpha value is -1.22. The fourth-order valence-corrected chi connectivity index (χ4v) is 2.26. The standard InChI is InChI=1S/C12H14O2S/c1-10-3-5-12(6-4-10)15(14)9-11(2)7-8-13/h3-8H,9H2,1-2H3/b11-7+/t15-/m1/s1. The molecule has 0 N–H and O–H groups in total. The average Bonchev–Trinajstić information content (AvgIpc) is 2.18. The SMILES string of the molecule is C/C(=C\C=O)C[S@@](=O)c1ccc(C)cc1. The Morgan fingerprint density at radius 3 is 2.47 bits per heavy atom. The van der Waals surface area contributed by atoms with E-state index in [1.807, 2.05) is 31.2 Å². The van der Waals surface area contributed by atoms with Crippen molar-refractivity contribution in [3.63, 3.8) is 0 Å². The second kappa shape index (κ2) is 5.61. The van der Waals surface area contributed by atoms with E-state index >= 15 is 0 Å². The first kappa shape index (κ1) is 11.9. The third-order valence-electron chi connectivity index (χ3n) is 2.00. The number of benzene rings is 1. The lowest BCUT2D eigenvalue weighted by atomic mass is 10.2. The Labute approximate surface area is 92.5 Å². The lowest BCUT2D eigenvalue weighted by molar-refractivity contribution is -0.104. The van der Waals surface area contributed by atoms with Crippen molar-refractivity contribution in [1.29, 1.82) is 0 Å². The van der Waals surface area contributed by atoms with Crippen molar-refractivity contribution in [2.24, 2.45) is 0 Å². The van der Waals surface area contributed by atoms with Gasteiger partial charge in [-0.05, 0) is 32.1 Å². The lowest BCUT2D eigenvalue weighted by Gasteiger charge is -2.02. The highest BCUT2D eigenvalue weighted by Gasteiger charge is 2.03. The Bertz CT molecular complexity index is 391. The van der Waals surface area contributed by atoms with Crippen molar-refractivity contribution in [1.82, 2.24) is 0 Å². The van der Waals surface area contributed by atoms with Crippen LogP contribution in [0.2, 0.25) is 0 Å². The van der Waals surface area contributed by atoms with Crippen LogP contribution in [0.3, 0.4) is 0 Å². The Balaban J connectivity index is 2.73. The van der Waals surface area contributed by atoms with Crippen LogP contribution in [0.1, 0.15) is 12.5 Å². The summed E-state index contributed by atoms with van der Waals surface area (Å²) in [5, 5.41) is 0. The molecule has 1 aromatic carbocycles. The van der Waals surface area contributed by atoms with Crippen LogP contribution < -0.4 is 0 Å². The van der Waals surface area contributed by atoms with Gasteiger partial charge in [-0.25, -0.2) is 0 Å². The monoisotopic (exact) mass is 222 g/mol. The summed E-state index contributed by atoms with van der Waals surface area (Å²) >= 11 is 0. The van der Waals surface area contributed by atoms with Gasteiger partial charge in [-0.3, -0.25) is 9.00 Å². The summed E-state index contributed by atoms with van der Waals surface area (Å²) in [6.07, 6.45) is 2.17. The maximum absolute atomic E-state index is 11.8. The molecule has 0 spiro atoms. The zero-order chi connectivity index (χ0) is 11.3. The molecule has 1 atom stereocenters. The fourth-order valence-electron chi connectivity index (χ4n) is 1.14. The first-order valence-electron chi connectivity index (χ1n) is 4.69. The van der Waals surface area contributed by atoms with Crippen LogP contribution in [0.15, 0.2) is 40.8 Å². The third-order valence-corrected chi connectivity index (χ3v) is 3.51. The minimum absolute atomic E-state index is 0.418. The van der Waals surface area contributed by atoms with E-state index in [0.29, 0.717) is 5.75 Å². The van der Waals surface area contributed by atoms with Crippen LogP contribution in [-0.4, -0.2) is 16.2 Å². The number of aryl methyl sites for hydroxylation is 1. The zero-order valence-corrected chi connectivity index (χ0v) is 9.71. The summed E-state index contributed by atoms with van der Waals surface area (Å²) in [5.41, 5.74) is 1.99. The molecule has 0 radical (unpaired) electrons. The van der Waals surface area contributed by atoms with Gasteiger partial charge in [0.25, 0.3) is 0 Å². The van der Waals surface area contributed by atoms with E-state index in [4.69, 9.17) is 0 Å². The van der Waals surface area contributed by atoms with Crippen LogP contribution in [0, 0.1) is 6.92 Å². The van der Waals surface area contributed by atoms with E-state index in [1.165, 1.54) is 6.08 Å². The van der Waals surface area contributed by atoms with Gasteiger partial charge in [0.05, 0.1) is 10.8 Å². The highest BCUT2D eigenvalue weighted by atomic mass is 32.2. The number of hydrogen-bond donors (Lipinski definition) is 0. The number of rotatable bonds is 4.